The van der Waals surface area contributed by atoms with Crippen LogP contribution in [0.4, 0.5) is 8.78 Å². The molecule has 2 aromatic heterocycles. The van der Waals surface area contributed by atoms with Crippen molar-refractivity contribution in [3.63, 3.8) is 0 Å². The van der Waals surface area contributed by atoms with Gasteiger partial charge in [0.2, 0.25) is 5.91 Å². The smallest absolute Gasteiger partial charge is 0.326 e. The molecule has 1 saturated heterocycles. The largest absolute Gasteiger partial charge is 0.333 e. The Morgan fingerprint density at radius 3 is 3.00 bits per heavy atom. The van der Waals surface area contributed by atoms with Gasteiger partial charge in [0.1, 0.15) is 0 Å². The molecule has 148 valence electrons. The van der Waals surface area contributed by atoms with Crippen molar-refractivity contribution in [2.24, 2.45) is 4.99 Å². The lowest BCUT2D eigenvalue weighted by Crippen LogP contribution is -2.35. The molecule has 0 aliphatic carbocycles. The third-order valence-corrected chi connectivity index (χ3v) is 5.96. The first-order chi connectivity index (χ1) is 13.5. The highest BCUT2D eigenvalue weighted by molar-refractivity contribution is 7.96. The average Bonchev–Trinajstić information content (AvgIpc) is 3.40. The highest BCUT2D eigenvalue weighted by atomic mass is 32.2. The summed E-state index contributed by atoms with van der Waals surface area (Å²) in [5.41, 5.74) is 2.52. The molecule has 1 unspecified atom stereocenters. The predicted molar refractivity (Wildman–Crippen MR) is 104 cm³/mol. The Kier molecular flexibility index (Phi) is 5.42. The molecule has 0 aromatic carbocycles. The molecular formula is C16H17F2N7OS2. The zero-order valence-corrected chi connectivity index (χ0v) is 16.4. The van der Waals surface area contributed by atoms with Crippen molar-refractivity contribution in [1.29, 1.82) is 0 Å². The molecule has 1 atom stereocenters. The second-order valence-electron chi connectivity index (χ2n) is 6.28. The van der Waals surface area contributed by atoms with Crippen LogP contribution in [0.5, 0.6) is 0 Å². The minimum Gasteiger partial charge on any atom is -0.326 e. The lowest BCUT2D eigenvalue weighted by atomic mass is 10.0. The predicted octanol–water partition coefficient (Wildman–Crippen LogP) is 2.27. The number of carbonyl (C=O) groups is 1. The van der Waals surface area contributed by atoms with Crippen molar-refractivity contribution in [2.45, 2.75) is 25.9 Å². The number of nitrogens with one attached hydrogen (secondary N) is 2. The van der Waals surface area contributed by atoms with Gasteiger partial charge in [-0.25, -0.2) is 14.4 Å². The van der Waals surface area contributed by atoms with Gasteiger partial charge in [-0.2, -0.15) is 13.9 Å². The lowest BCUT2D eigenvalue weighted by Gasteiger charge is -2.27. The third-order valence-electron chi connectivity index (χ3n) is 4.35. The van der Waals surface area contributed by atoms with Gasteiger partial charge in [0.15, 0.2) is 10.8 Å². The maximum Gasteiger partial charge on any atom is 0.333 e. The molecular weight excluding hydrogens is 408 g/mol. The van der Waals surface area contributed by atoms with E-state index in [2.05, 4.69) is 29.4 Å². The fourth-order valence-corrected chi connectivity index (χ4v) is 4.39. The fraction of sp³-hybridized carbons (Fsp3) is 0.375. The molecule has 1 fully saturated rings. The van der Waals surface area contributed by atoms with Crippen molar-refractivity contribution in [3.05, 3.63) is 40.2 Å². The van der Waals surface area contributed by atoms with Gasteiger partial charge in [0, 0.05) is 72.7 Å². The number of aliphatic imine (C=N–C) groups is 1. The van der Waals surface area contributed by atoms with Gasteiger partial charge in [-0.15, -0.1) is 11.3 Å². The SMILES string of the molecule is CC(=O)NSNC1CC2=C(c3cnn(C(F)F)c3)CN=C(c3nccs3)N2C1. The van der Waals surface area contributed by atoms with Crippen LogP contribution in [0.25, 0.3) is 5.57 Å². The van der Waals surface area contributed by atoms with Crippen molar-refractivity contribution < 1.29 is 13.6 Å². The Labute approximate surface area is 168 Å². The first kappa shape index (κ1) is 19.0. The van der Waals surface area contributed by atoms with Gasteiger partial charge in [-0.05, 0) is 0 Å². The number of amides is 1. The van der Waals surface area contributed by atoms with Gasteiger partial charge in [0.05, 0.1) is 12.7 Å². The average molecular weight is 425 g/mol. The zero-order valence-electron chi connectivity index (χ0n) is 14.8. The van der Waals surface area contributed by atoms with Crippen LogP contribution in [0.15, 0.2) is 34.7 Å². The van der Waals surface area contributed by atoms with E-state index in [4.69, 9.17) is 0 Å². The van der Waals surface area contributed by atoms with Crippen LogP contribution in [0.1, 0.15) is 30.5 Å². The highest BCUT2D eigenvalue weighted by Gasteiger charge is 2.36. The normalized spacial score (nSPS) is 19.2. The van der Waals surface area contributed by atoms with Gasteiger partial charge < -0.3 is 4.90 Å². The number of nitrogens with zero attached hydrogens (tertiary/aromatic N) is 5. The summed E-state index contributed by atoms with van der Waals surface area (Å²) in [7, 11) is 0. The summed E-state index contributed by atoms with van der Waals surface area (Å²) >= 11 is 2.64. The van der Waals surface area contributed by atoms with Crippen molar-refractivity contribution in [1.82, 2.24) is 29.1 Å². The molecule has 2 aliphatic heterocycles. The number of halogens is 2. The summed E-state index contributed by atoms with van der Waals surface area (Å²) in [6.07, 6.45) is 5.20. The van der Waals surface area contributed by atoms with Crippen molar-refractivity contribution >= 4 is 40.8 Å². The molecule has 2 N–H and O–H groups in total. The van der Waals surface area contributed by atoms with Crippen molar-refractivity contribution in [2.75, 3.05) is 13.1 Å². The molecule has 2 aliphatic rings. The number of thiazole rings is 1. The van der Waals surface area contributed by atoms with Crippen LogP contribution in [0.3, 0.4) is 0 Å². The standard InChI is InChI=1S/C16H17F2N7OS2/c1-9(26)22-28-23-11-4-13-12(10-5-21-25(7-10)16(17)18)6-20-14(24(13)8-11)15-19-2-3-27-15/h2-3,5,7,11,16,23H,4,6,8H2,1H3,(H,22,26). The number of carbonyl (C=O) groups excluding carboxylic acids is 1. The molecule has 0 radical (unpaired) electrons. The molecule has 0 saturated carbocycles. The summed E-state index contributed by atoms with van der Waals surface area (Å²) in [4.78, 5) is 22.2. The molecule has 4 rings (SSSR count). The van der Waals surface area contributed by atoms with E-state index in [0.717, 1.165) is 34.2 Å². The van der Waals surface area contributed by atoms with Crippen molar-refractivity contribution in [3.8, 4) is 0 Å². The number of hydrogen-bond donors (Lipinski definition) is 2. The van der Waals surface area contributed by atoms with Gasteiger partial charge >= 0.3 is 6.55 Å². The number of hydrogen-bond acceptors (Lipinski definition) is 8. The van der Waals surface area contributed by atoms with E-state index in [9.17, 15) is 13.6 Å². The van der Waals surface area contributed by atoms with E-state index >= 15 is 0 Å². The fourth-order valence-electron chi connectivity index (χ4n) is 3.21. The van der Waals surface area contributed by atoms with Gasteiger partial charge in [-0.3, -0.25) is 14.5 Å². The molecule has 8 nitrogen and oxygen atoms in total. The van der Waals surface area contributed by atoms with Crippen LogP contribution in [0.2, 0.25) is 0 Å². The third kappa shape index (κ3) is 3.80. The monoisotopic (exact) mass is 425 g/mol. The Morgan fingerprint density at radius 1 is 1.46 bits per heavy atom. The van der Waals surface area contributed by atoms with Crippen LogP contribution < -0.4 is 9.44 Å². The summed E-state index contributed by atoms with van der Waals surface area (Å²) in [5, 5.41) is 6.46. The van der Waals surface area contributed by atoms with E-state index in [1.807, 2.05) is 5.38 Å². The number of amidine groups is 1. The molecule has 0 bridgehead atoms. The summed E-state index contributed by atoms with van der Waals surface area (Å²) < 4.78 is 32.4. The second kappa shape index (κ2) is 7.97. The van der Waals surface area contributed by atoms with E-state index < -0.39 is 6.55 Å². The number of fused-ring (bicyclic) bond motifs is 1. The number of aromatic nitrogens is 3. The molecule has 28 heavy (non-hydrogen) atoms. The van der Waals surface area contributed by atoms with Crippen LogP contribution in [0, 0.1) is 0 Å². The van der Waals surface area contributed by atoms with E-state index in [1.165, 1.54) is 30.7 Å². The first-order valence-corrected chi connectivity index (χ1v) is 10.2. The van der Waals surface area contributed by atoms with Crippen LogP contribution in [-0.2, 0) is 4.79 Å². The molecule has 12 heteroatoms. The maximum absolute atomic E-state index is 12.9. The molecule has 0 spiro atoms. The molecule has 1 amide bonds. The van der Waals surface area contributed by atoms with E-state index in [1.54, 1.807) is 6.20 Å². The Hall–Kier alpha value is -2.31. The van der Waals surface area contributed by atoms with Gasteiger partial charge in [0.25, 0.3) is 0 Å². The Bertz CT molecular complexity index is 925. The highest BCUT2D eigenvalue weighted by Crippen LogP contribution is 2.35. The van der Waals surface area contributed by atoms with Gasteiger partial charge in [-0.1, -0.05) is 0 Å². The van der Waals surface area contributed by atoms with Crippen LogP contribution >= 0.6 is 23.5 Å². The Morgan fingerprint density at radius 2 is 2.32 bits per heavy atom. The summed E-state index contributed by atoms with van der Waals surface area (Å²) in [6.45, 7) is -0.227. The summed E-state index contributed by atoms with van der Waals surface area (Å²) in [5.74, 6) is 0.640. The second-order valence-corrected chi connectivity index (χ2v) is 7.82. The lowest BCUT2D eigenvalue weighted by molar-refractivity contribution is -0.117. The Balaban J connectivity index is 1.62. The zero-order chi connectivity index (χ0) is 19.7. The number of alkyl halides is 2. The van der Waals surface area contributed by atoms with Crippen LogP contribution in [-0.4, -0.2) is 50.5 Å². The van der Waals surface area contributed by atoms with E-state index in [0.29, 0.717) is 29.8 Å². The van der Waals surface area contributed by atoms with E-state index in [-0.39, 0.29) is 11.9 Å². The molecule has 4 heterocycles. The quantitative estimate of drug-likeness (QED) is 0.691. The maximum atomic E-state index is 12.9. The summed E-state index contributed by atoms with van der Waals surface area (Å²) in [6, 6.07) is 0.0512. The first-order valence-electron chi connectivity index (χ1n) is 8.47. The number of rotatable bonds is 6. The minimum atomic E-state index is -2.68. The minimum absolute atomic E-state index is 0.0512. The topological polar surface area (TPSA) is 87.4 Å². The molecule has 2 aromatic rings.